The Morgan fingerprint density at radius 1 is 1.22 bits per heavy atom. The van der Waals surface area contributed by atoms with Gasteiger partial charge in [0.1, 0.15) is 23.0 Å². The molecule has 0 spiro atoms. The molecule has 0 amide bonds. The quantitative estimate of drug-likeness (QED) is 0.627. The van der Waals surface area contributed by atoms with Gasteiger partial charge in [0.2, 0.25) is 0 Å². The van der Waals surface area contributed by atoms with Crippen molar-refractivity contribution >= 4 is 11.9 Å². The van der Waals surface area contributed by atoms with Gasteiger partial charge in [0, 0.05) is 18.8 Å². The van der Waals surface area contributed by atoms with E-state index in [1.54, 1.807) is 31.4 Å². The number of esters is 1. The lowest BCUT2D eigenvalue weighted by molar-refractivity contribution is -0.140. The highest BCUT2D eigenvalue weighted by Gasteiger charge is 2.26. The number of aromatic nitrogens is 3. The number of aliphatic carboxylic acids is 1. The molecule has 0 aliphatic carbocycles. The highest BCUT2D eigenvalue weighted by atomic mass is 16.5. The molecular formula is C18H17N3O6. The molecule has 0 unspecified atom stereocenters. The first-order valence-corrected chi connectivity index (χ1v) is 7.98. The summed E-state index contributed by atoms with van der Waals surface area (Å²) in [6, 6.07) is 5.93. The lowest BCUT2D eigenvalue weighted by atomic mass is 10.0. The summed E-state index contributed by atoms with van der Waals surface area (Å²) in [6.07, 6.45) is 2.84. The van der Waals surface area contributed by atoms with E-state index in [0.717, 1.165) is 5.56 Å². The van der Waals surface area contributed by atoms with Gasteiger partial charge in [-0.05, 0) is 17.7 Å². The van der Waals surface area contributed by atoms with Crippen LogP contribution < -0.4 is 10.3 Å². The van der Waals surface area contributed by atoms with E-state index in [1.807, 2.05) is 0 Å². The SMILES string of the molecule is COC(=O)c1cn([C@H](Cc2ccc(OC)cc2)C(=O)O)cc2c(=O)[nH]nc1-2. The maximum absolute atomic E-state index is 12.1. The van der Waals surface area contributed by atoms with Crippen LogP contribution in [0.3, 0.4) is 0 Å². The number of nitrogens with one attached hydrogen (secondary N) is 1. The number of carbonyl (C=O) groups excluding carboxylic acids is 1. The summed E-state index contributed by atoms with van der Waals surface area (Å²) in [5.74, 6) is -1.17. The number of hydrogen-bond donors (Lipinski definition) is 2. The van der Waals surface area contributed by atoms with Crippen LogP contribution in [-0.2, 0) is 16.0 Å². The normalized spacial score (nSPS) is 11.9. The number of carboxylic acid groups (broad SMARTS) is 1. The Hall–Kier alpha value is -3.62. The van der Waals surface area contributed by atoms with E-state index in [0.29, 0.717) is 5.75 Å². The minimum absolute atomic E-state index is 0.00864. The molecule has 0 bridgehead atoms. The number of methoxy groups -OCH3 is 2. The van der Waals surface area contributed by atoms with Gasteiger partial charge in [0.25, 0.3) is 5.56 Å². The number of pyridine rings is 1. The Morgan fingerprint density at radius 3 is 2.52 bits per heavy atom. The van der Waals surface area contributed by atoms with Crippen LogP contribution in [-0.4, -0.2) is 46.0 Å². The first-order chi connectivity index (χ1) is 12.9. The number of carboxylic acids is 1. The molecule has 140 valence electrons. The highest BCUT2D eigenvalue weighted by molar-refractivity contribution is 5.96. The molecule has 9 nitrogen and oxygen atoms in total. The molecule has 2 heterocycles. The Kier molecular flexibility index (Phi) is 4.93. The molecule has 0 aromatic heterocycles. The van der Waals surface area contributed by atoms with Gasteiger partial charge in [-0.3, -0.25) is 4.79 Å². The van der Waals surface area contributed by atoms with Crippen LogP contribution in [0.5, 0.6) is 5.75 Å². The number of ether oxygens (including phenoxy) is 2. The number of nitrogens with zero attached hydrogens (tertiary/aromatic N) is 2. The second-order valence-electron chi connectivity index (χ2n) is 5.83. The third-order valence-corrected chi connectivity index (χ3v) is 4.22. The molecular weight excluding hydrogens is 354 g/mol. The topological polar surface area (TPSA) is 124 Å². The average molecular weight is 371 g/mol. The maximum atomic E-state index is 12.1. The van der Waals surface area contributed by atoms with Crippen molar-refractivity contribution in [1.29, 1.82) is 0 Å². The lowest BCUT2D eigenvalue weighted by Crippen LogP contribution is -2.23. The molecule has 1 aromatic carbocycles. The van der Waals surface area contributed by atoms with Gasteiger partial charge in [-0.25, -0.2) is 14.7 Å². The predicted molar refractivity (Wildman–Crippen MR) is 94.2 cm³/mol. The van der Waals surface area contributed by atoms with Crippen molar-refractivity contribution in [3.8, 4) is 17.0 Å². The molecule has 27 heavy (non-hydrogen) atoms. The fourth-order valence-corrected chi connectivity index (χ4v) is 2.80. The van der Waals surface area contributed by atoms with Crippen molar-refractivity contribution in [1.82, 2.24) is 14.8 Å². The zero-order valence-electron chi connectivity index (χ0n) is 14.6. The zero-order chi connectivity index (χ0) is 19.6. The number of benzene rings is 1. The smallest absolute Gasteiger partial charge is 0.341 e. The predicted octanol–water partition coefficient (Wildman–Crippen LogP) is 1.34. The van der Waals surface area contributed by atoms with Crippen LogP contribution in [0.25, 0.3) is 11.3 Å². The fourth-order valence-electron chi connectivity index (χ4n) is 2.80. The van der Waals surface area contributed by atoms with Crippen LogP contribution in [0.15, 0.2) is 41.5 Å². The van der Waals surface area contributed by atoms with Gasteiger partial charge >= 0.3 is 11.9 Å². The minimum atomic E-state index is -1.11. The summed E-state index contributed by atoms with van der Waals surface area (Å²) < 4.78 is 11.1. The molecule has 3 rings (SSSR count). The van der Waals surface area contributed by atoms with Gasteiger partial charge in [-0.1, -0.05) is 12.1 Å². The third kappa shape index (κ3) is 3.52. The average Bonchev–Trinajstić information content (AvgIpc) is 3.06. The number of aromatic amines is 1. The molecule has 0 radical (unpaired) electrons. The van der Waals surface area contributed by atoms with Crippen LogP contribution in [0.4, 0.5) is 0 Å². The standard InChI is InChI=1S/C18H17N3O6/c1-26-11-5-3-10(4-6-11)7-14(17(23)24)21-8-12-15(19-20-16(12)22)13(9-21)18(25)27-2/h3-6,8-9,14H,7H2,1-2H3,(H,20,22)(H,23,24)/t14-/m1/s1. The van der Waals surface area contributed by atoms with Crippen molar-refractivity contribution in [2.24, 2.45) is 0 Å². The van der Waals surface area contributed by atoms with Gasteiger partial charge in [-0.2, -0.15) is 5.10 Å². The molecule has 0 saturated heterocycles. The molecule has 1 aromatic rings. The zero-order valence-corrected chi connectivity index (χ0v) is 14.6. The van der Waals surface area contributed by atoms with Gasteiger partial charge in [0.15, 0.2) is 0 Å². The maximum Gasteiger partial charge on any atom is 0.341 e. The van der Waals surface area contributed by atoms with Gasteiger partial charge in [0.05, 0.1) is 19.8 Å². The first kappa shape index (κ1) is 18.2. The van der Waals surface area contributed by atoms with Crippen molar-refractivity contribution in [3.05, 3.63) is 58.1 Å². The Balaban J connectivity index is 2.06. The molecule has 2 aliphatic rings. The Morgan fingerprint density at radius 2 is 1.93 bits per heavy atom. The number of rotatable bonds is 6. The first-order valence-electron chi connectivity index (χ1n) is 7.98. The second kappa shape index (κ2) is 7.32. The third-order valence-electron chi connectivity index (χ3n) is 4.22. The summed E-state index contributed by atoms with van der Waals surface area (Å²) in [5, 5.41) is 15.8. The summed E-state index contributed by atoms with van der Waals surface area (Å²) in [5.41, 5.74) is 0.493. The highest BCUT2D eigenvalue weighted by Crippen LogP contribution is 2.25. The second-order valence-corrected chi connectivity index (χ2v) is 5.83. The number of H-pyrrole nitrogens is 1. The van der Waals surface area contributed by atoms with E-state index in [-0.39, 0.29) is 23.2 Å². The fraction of sp³-hybridized carbons (Fsp3) is 0.222. The number of hydrogen-bond acceptors (Lipinski definition) is 6. The van der Waals surface area contributed by atoms with Crippen molar-refractivity contribution in [3.63, 3.8) is 0 Å². The molecule has 0 fully saturated rings. The number of fused-ring (bicyclic) bond motifs is 1. The number of carbonyl (C=O) groups is 2. The van der Waals surface area contributed by atoms with Gasteiger partial charge < -0.3 is 19.1 Å². The summed E-state index contributed by atoms with van der Waals surface area (Å²) in [4.78, 5) is 35.9. The van der Waals surface area contributed by atoms with Crippen molar-refractivity contribution in [2.75, 3.05) is 14.2 Å². The van der Waals surface area contributed by atoms with Crippen molar-refractivity contribution < 1.29 is 24.2 Å². The summed E-state index contributed by atoms with van der Waals surface area (Å²) in [6.45, 7) is 0. The molecule has 1 atom stereocenters. The Labute approximate surface area is 153 Å². The van der Waals surface area contributed by atoms with Crippen LogP contribution in [0, 0.1) is 0 Å². The molecule has 2 N–H and O–H groups in total. The van der Waals surface area contributed by atoms with E-state index in [9.17, 15) is 19.5 Å². The van der Waals surface area contributed by atoms with E-state index in [1.165, 1.54) is 24.1 Å². The van der Waals surface area contributed by atoms with E-state index < -0.39 is 23.5 Å². The molecule has 9 heteroatoms. The van der Waals surface area contributed by atoms with Crippen molar-refractivity contribution in [2.45, 2.75) is 12.5 Å². The van der Waals surface area contributed by atoms with Crippen LogP contribution >= 0.6 is 0 Å². The van der Waals surface area contributed by atoms with E-state index >= 15 is 0 Å². The van der Waals surface area contributed by atoms with Gasteiger partial charge in [-0.15, -0.1) is 0 Å². The lowest BCUT2D eigenvalue weighted by Gasteiger charge is -2.19. The molecule has 2 aliphatic heterocycles. The van der Waals surface area contributed by atoms with Crippen LogP contribution in [0.1, 0.15) is 22.0 Å². The van der Waals surface area contributed by atoms with E-state index in [2.05, 4.69) is 10.2 Å². The molecule has 0 saturated carbocycles. The van der Waals surface area contributed by atoms with Crippen LogP contribution in [0.2, 0.25) is 0 Å². The van der Waals surface area contributed by atoms with E-state index in [4.69, 9.17) is 9.47 Å². The minimum Gasteiger partial charge on any atom is -0.497 e. The Bertz CT molecular complexity index is 1000. The summed E-state index contributed by atoms with van der Waals surface area (Å²) >= 11 is 0. The largest absolute Gasteiger partial charge is 0.497 e. The summed E-state index contributed by atoms with van der Waals surface area (Å²) in [7, 11) is 2.74. The monoisotopic (exact) mass is 371 g/mol.